The third-order valence-corrected chi connectivity index (χ3v) is 8.37. The maximum atomic E-state index is 13.3. The van der Waals surface area contributed by atoms with Gasteiger partial charge in [-0.05, 0) is 79.6 Å². The van der Waals surface area contributed by atoms with E-state index in [2.05, 4.69) is 15.1 Å². The van der Waals surface area contributed by atoms with Gasteiger partial charge in [0.2, 0.25) is 5.82 Å². The summed E-state index contributed by atoms with van der Waals surface area (Å²) in [7, 11) is -3.38. The Morgan fingerprint density at radius 3 is 2.37 bits per heavy atom. The molecule has 8 heteroatoms. The van der Waals surface area contributed by atoms with E-state index in [1.165, 1.54) is 18.4 Å². The molecule has 0 N–H and O–H groups in total. The lowest BCUT2D eigenvalue weighted by Crippen LogP contribution is -2.28. The molecule has 0 bridgehead atoms. The van der Waals surface area contributed by atoms with E-state index in [0.29, 0.717) is 28.4 Å². The number of aromatic nitrogens is 3. The molecule has 0 fully saturated rings. The van der Waals surface area contributed by atoms with Crippen molar-refractivity contribution < 1.29 is 17.3 Å². The second kappa shape index (κ2) is 8.39. The first-order valence-electron chi connectivity index (χ1n) is 10.9. The SMILES string of the molecule is CC(C)(c1cc(-c2cccc(-c3nc(-c4ccc(F)cc4)no3)c2)c2ncccc2c1)S(C)(=O)=O. The van der Waals surface area contributed by atoms with Crippen molar-refractivity contribution in [3.63, 3.8) is 0 Å². The molecule has 3 aromatic carbocycles. The van der Waals surface area contributed by atoms with Crippen LogP contribution in [-0.2, 0) is 14.6 Å². The summed E-state index contributed by atoms with van der Waals surface area (Å²) < 4.78 is 42.8. The van der Waals surface area contributed by atoms with Gasteiger partial charge in [0.05, 0.1) is 10.3 Å². The lowest BCUT2D eigenvalue weighted by molar-refractivity contribution is 0.432. The summed E-state index contributed by atoms with van der Waals surface area (Å²) in [5, 5.41) is 4.88. The smallest absolute Gasteiger partial charge is 0.258 e. The van der Waals surface area contributed by atoms with Crippen LogP contribution in [-0.4, -0.2) is 29.8 Å². The molecule has 0 unspecified atom stereocenters. The Hall–Kier alpha value is -3.91. The Labute approximate surface area is 202 Å². The molecule has 5 aromatic rings. The van der Waals surface area contributed by atoms with Crippen molar-refractivity contribution in [1.29, 1.82) is 0 Å². The highest BCUT2D eigenvalue weighted by Crippen LogP contribution is 2.37. The molecule has 0 radical (unpaired) electrons. The van der Waals surface area contributed by atoms with Gasteiger partial charge in [-0.15, -0.1) is 0 Å². The molecule has 5 rings (SSSR count). The molecule has 35 heavy (non-hydrogen) atoms. The Kier molecular flexibility index (Phi) is 5.48. The summed E-state index contributed by atoms with van der Waals surface area (Å²) in [6.45, 7) is 3.41. The highest BCUT2D eigenvalue weighted by Gasteiger charge is 2.33. The quantitative estimate of drug-likeness (QED) is 0.301. The zero-order chi connectivity index (χ0) is 24.8. The molecule has 176 valence electrons. The number of benzene rings is 3. The van der Waals surface area contributed by atoms with Gasteiger partial charge in [-0.3, -0.25) is 4.98 Å². The number of hydrogen-bond donors (Lipinski definition) is 0. The molecule has 0 atom stereocenters. The highest BCUT2D eigenvalue weighted by atomic mass is 32.2. The van der Waals surface area contributed by atoms with Crippen LogP contribution in [0.4, 0.5) is 4.39 Å². The number of pyridine rings is 1. The van der Waals surface area contributed by atoms with Crippen molar-refractivity contribution in [1.82, 2.24) is 15.1 Å². The fraction of sp³-hybridized carbons (Fsp3) is 0.148. The first kappa shape index (κ1) is 22.9. The van der Waals surface area contributed by atoms with E-state index >= 15 is 0 Å². The van der Waals surface area contributed by atoms with Crippen molar-refractivity contribution in [2.45, 2.75) is 18.6 Å². The van der Waals surface area contributed by atoms with Gasteiger partial charge in [0.25, 0.3) is 5.89 Å². The summed E-state index contributed by atoms with van der Waals surface area (Å²) in [5.74, 6) is 0.331. The standard InChI is InChI=1S/C27H22FN3O3S/c1-27(2,35(3,32)33)21-15-19-8-5-13-29-24(19)23(16-21)18-6-4-7-20(14-18)26-30-25(31-34-26)17-9-11-22(28)12-10-17/h4-16H,1-3H3. The zero-order valence-electron chi connectivity index (χ0n) is 19.4. The molecule has 0 aliphatic rings. The van der Waals surface area contributed by atoms with Crippen molar-refractivity contribution >= 4 is 20.7 Å². The summed E-state index contributed by atoms with van der Waals surface area (Å²) >= 11 is 0. The molecular weight excluding hydrogens is 465 g/mol. The van der Waals surface area contributed by atoms with Crippen LogP contribution in [0.15, 0.2) is 83.5 Å². The zero-order valence-corrected chi connectivity index (χ0v) is 20.2. The molecule has 0 aliphatic heterocycles. The second-order valence-corrected chi connectivity index (χ2v) is 11.5. The third-order valence-electron chi connectivity index (χ3n) is 6.28. The number of rotatable bonds is 5. The average molecular weight is 488 g/mol. The van der Waals surface area contributed by atoms with Gasteiger partial charge in [-0.25, -0.2) is 12.8 Å². The van der Waals surface area contributed by atoms with E-state index in [0.717, 1.165) is 22.0 Å². The Bertz CT molecular complexity index is 1660. The molecule has 2 aromatic heterocycles. The van der Waals surface area contributed by atoms with E-state index < -0.39 is 14.6 Å². The minimum absolute atomic E-state index is 0.316. The summed E-state index contributed by atoms with van der Waals surface area (Å²) in [6.07, 6.45) is 2.96. The fourth-order valence-electron chi connectivity index (χ4n) is 3.85. The molecule has 2 heterocycles. The summed E-state index contributed by atoms with van der Waals surface area (Å²) in [6, 6.07) is 20.9. The molecule has 0 amide bonds. The highest BCUT2D eigenvalue weighted by molar-refractivity contribution is 7.91. The maximum Gasteiger partial charge on any atom is 0.258 e. The second-order valence-electron chi connectivity index (χ2n) is 8.89. The van der Waals surface area contributed by atoms with E-state index in [4.69, 9.17) is 4.52 Å². The molecule has 0 saturated heterocycles. The van der Waals surface area contributed by atoms with E-state index in [9.17, 15) is 12.8 Å². The first-order chi connectivity index (χ1) is 16.6. The molecule has 0 saturated carbocycles. The first-order valence-corrected chi connectivity index (χ1v) is 12.8. The molecule has 0 aliphatic carbocycles. The van der Waals surface area contributed by atoms with Gasteiger partial charge in [0.1, 0.15) is 5.82 Å². The summed E-state index contributed by atoms with van der Waals surface area (Å²) in [4.78, 5) is 9.04. The largest absolute Gasteiger partial charge is 0.334 e. The number of fused-ring (bicyclic) bond motifs is 1. The normalized spacial score (nSPS) is 12.2. The predicted molar refractivity (Wildman–Crippen MR) is 134 cm³/mol. The van der Waals surface area contributed by atoms with Gasteiger partial charge in [-0.1, -0.05) is 23.4 Å². The molecule has 0 spiro atoms. The minimum atomic E-state index is -3.38. The number of sulfone groups is 1. The lowest BCUT2D eigenvalue weighted by atomic mass is 9.93. The third kappa shape index (κ3) is 4.21. The van der Waals surface area contributed by atoms with Gasteiger partial charge in [0.15, 0.2) is 9.84 Å². The van der Waals surface area contributed by atoms with Crippen LogP contribution in [0.25, 0.3) is 44.9 Å². The Balaban J connectivity index is 1.62. The van der Waals surface area contributed by atoms with Crippen LogP contribution in [0.3, 0.4) is 0 Å². The van der Waals surface area contributed by atoms with Crippen LogP contribution in [0.2, 0.25) is 0 Å². The monoisotopic (exact) mass is 487 g/mol. The van der Waals surface area contributed by atoms with E-state index in [-0.39, 0.29) is 5.82 Å². The van der Waals surface area contributed by atoms with Crippen LogP contribution in [0, 0.1) is 5.82 Å². The molecular formula is C27H22FN3O3S. The predicted octanol–water partition coefficient (Wildman–Crippen LogP) is 6.04. The molecule has 6 nitrogen and oxygen atoms in total. The topological polar surface area (TPSA) is 85.9 Å². The van der Waals surface area contributed by atoms with Crippen molar-refractivity contribution in [3.05, 3.63) is 90.4 Å². The van der Waals surface area contributed by atoms with Gasteiger partial charge >= 0.3 is 0 Å². The van der Waals surface area contributed by atoms with Gasteiger partial charge in [-0.2, -0.15) is 4.98 Å². The number of hydrogen-bond acceptors (Lipinski definition) is 6. The van der Waals surface area contributed by atoms with Crippen LogP contribution >= 0.6 is 0 Å². The van der Waals surface area contributed by atoms with Gasteiger partial charge in [0, 0.05) is 34.5 Å². The minimum Gasteiger partial charge on any atom is -0.334 e. The van der Waals surface area contributed by atoms with Crippen molar-refractivity contribution in [3.8, 4) is 34.0 Å². The van der Waals surface area contributed by atoms with Crippen LogP contribution in [0.5, 0.6) is 0 Å². The number of nitrogens with zero attached hydrogens (tertiary/aromatic N) is 3. The van der Waals surface area contributed by atoms with Crippen molar-refractivity contribution in [2.75, 3.05) is 6.26 Å². The average Bonchev–Trinajstić information content (AvgIpc) is 3.33. The number of halogens is 1. The summed E-state index contributed by atoms with van der Waals surface area (Å²) in [5.41, 5.74) is 4.41. The Morgan fingerprint density at radius 1 is 0.886 bits per heavy atom. The van der Waals surface area contributed by atoms with Crippen LogP contribution in [0.1, 0.15) is 19.4 Å². The van der Waals surface area contributed by atoms with Crippen LogP contribution < -0.4 is 0 Å². The van der Waals surface area contributed by atoms with E-state index in [1.807, 2.05) is 48.5 Å². The van der Waals surface area contributed by atoms with E-state index in [1.54, 1.807) is 32.2 Å². The Morgan fingerprint density at radius 2 is 1.63 bits per heavy atom. The van der Waals surface area contributed by atoms with Crippen molar-refractivity contribution in [2.24, 2.45) is 0 Å². The maximum absolute atomic E-state index is 13.3. The lowest BCUT2D eigenvalue weighted by Gasteiger charge is -2.24. The van der Waals surface area contributed by atoms with Gasteiger partial charge < -0.3 is 4.52 Å². The fourth-order valence-corrected chi connectivity index (χ4v) is 4.40.